The Morgan fingerprint density at radius 2 is 1.69 bits per heavy atom. The molecule has 0 atom stereocenters. The zero-order valence-electron chi connectivity index (χ0n) is 20.9. The molecule has 1 aliphatic heterocycles. The van der Waals surface area contributed by atoms with Crippen molar-refractivity contribution in [2.75, 3.05) is 77.9 Å². The largest absolute Gasteiger partial charge is 0.493 e. The molecule has 4 rings (SSSR count). The summed E-state index contributed by atoms with van der Waals surface area (Å²) < 4.78 is 12.8. The first-order valence-corrected chi connectivity index (χ1v) is 13.3. The molecule has 36 heavy (non-hydrogen) atoms. The summed E-state index contributed by atoms with van der Waals surface area (Å²) in [5, 5.41) is 14.7. The minimum absolute atomic E-state index is 0.602. The quantitative estimate of drug-likeness (QED) is 0.312. The summed E-state index contributed by atoms with van der Waals surface area (Å²) in [5.74, 6) is 2.09. The number of aromatic nitrogens is 2. The molecule has 0 saturated carbocycles. The van der Waals surface area contributed by atoms with Gasteiger partial charge in [0.2, 0.25) is 0 Å². The Hall–Kier alpha value is -2.50. The zero-order chi connectivity index (χ0) is 25.0. The molecular formula is C26H36BrN7O2. The fraction of sp³-hybridized carbons (Fsp3) is 0.462. The lowest BCUT2D eigenvalue weighted by atomic mass is 10.2. The molecule has 2 aromatic carbocycles. The van der Waals surface area contributed by atoms with Crippen molar-refractivity contribution in [1.29, 1.82) is 0 Å². The van der Waals surface area contributed by atoms with Crippen LogP contribution in [0.15, 0.2) is 47.2 Å². The van der Waals surface area contributed by atoms with Gasteiger partial charge >= 0.3 is 0 Å². The highest BCUT2D eigenvalue weighted by molar-refractivity contribution is 9.10. The molecular weight excluding hydrogens is 522 g/mol. The van der Waals surface area contributed by atoms with Crippen molar-refractivity contribution < 1.29 is 9.47 Å². The maximum atomic E-state index is 6.21. The van der Waals surface area contributed by atoms with E-state index in [-0.39, 0.29) is 0 Å². The normalized spacial score (nSPS) is 16.2. The Bertz CT molecular complexity index is 1090. The van der Waals surface area contributed by atoms with Gasteiger partial charge < -0.3 is 35.6 Å². The van der Waals surface area contributed by atoms with Gasteiger partial charge in [-0.1, -0.05) is 22.0 Å². The van der Waals surface area contributed by atoms with Crippen LogP contribution in [-0.4, -0.2) is 87.5 Å². The third kappa shape index (κ3) is 8.01. The minimum atomic E-state index is 0.602. The number of methoxy groups -OCH3 is 1. The van der Waals surface area contributed by atoms with E-state index in [4.69, 9.17) is 9.47 Å². The first kappa shape index (κ1) is 26.6. The van der Waals surface area contributed by atoms with E-state index in [2.05, 4.69) is 52.1 Å². The predicted octanol–water partition coefficient (Wildman–Crippen LogP) is 3.00. The first-order valence-electron chi connectivity index (χ1n) is 12.6. The van der Waals surface area contributed by atoms with Gasteiger partial charge in [-0.25, -0.2) is 9.97 Å². The van der Waals surface area contributed by atoms with E-state index in [1.807, 2.05) is 36.4 Å². The van der Waals surface area contributed by atoms with E-state index in [1.165, 1.54) is 0 Å². The van der Waals surface area contributed by atoms with Crippen molar-refractivity contribution in [3.8, 4) is 11.5 Å². The second-order valence-electron chi connectivity index (χ2n) is 8.67. The Morgan fingerprint density at radius 1 is 0.944 bits per heavy atom. The van der Waals surface area contributed by atoms with Crippen LogP contribution in [0.3, 0.4) is 0 Å². The highest BCUT2D eigenvalue weighted by Gasteiger charge is 2.13. The average molecular weight is 559 g/mol. The standard InChI is InChI=1S/C26H36BrN7O2/c1-35-24-18-23-22(26(32-19-31-23)33-21-5-2-4-20(27)16-21)17-25(24)36-15-3-12-34-13-10-29-8-6-28-7-9-30-11-14-34/h2,4-5,16-19,28-30H,3,6-15H2,1H3,(H,31,32,33). The fourth-order valence-corrected chi connectivity index (χ4v) is 4.55. The Morgan fingerprint density at radius 3 is 2.42 bits per heavy atom. The third-order valence-electron chi connectivity index (χ3n) is 6.05. The number of fused-ring (bicyclic) bond motifs is 1. The lowest BCUT2D eigenvalue weighted by Crippen LogP contribution is -2.42. The van der Waals surface area contributed by atoms with Gasteiger partial charge in [0.15, 0.2) is 11.5 Å². The Labute approximate surface area is 221 Å². The van der Waals surface area contributed by atoms with Crippen LogP contribution in [0.1, 0.15) is 6.42 Å². The average Bonchev–Trinajstić information content (AvgIpc) is 2.87. The lowest BCUT2D eigenvalue weighted by molar-refractivity contribution is 0.229. The first-order chi connectivity index (χ1) is 17.7. The predicted molar refractivity (Wildman–Crippen MR) is 149 cm³/mol. The fourth-order valence-electron chi connectivity index (χ4n) is 4.15. The van der Waals surface area contributed by atoms with Crippen molar-refractivity contribution in [3.05, 3.63) is 47.2 Å². The molecule has 194 valence electrons. The highest BCUT2D eigenvalue weighted by atomic mass is 79.9. The van der Waals surface area contributed by atoms with Crippen LogP contribution in [0.25, 0.3) is 10.9 Å². The topological polar surface area (TPSA) is 95.6 Å². The maximum absolute atomic E-state index is 6.21. The Balaban J connectivity index is 1.38. The van der Waals surface area contributed by atoms with Crippen LogP contribution in [-0.2, 0) is 0 Å². The number of hydrogen-bond donors (Lipinski definition) is 4. The second kappa shape index (κ2) is 14.3. The van der Waals surface area contributed by atoms with Gasteiger partial charge in [0, 0.05) is 80.5 Å². The molecule has 0 aliphatic carbocycles. The van der Waals surface area contributed by atoms with Crippen molar-refractivity contribution >= 4 is 38.3 Å². The maximum Gasteiger partial charge on any atom is 0.162 e. The van der Waals surface area contributed by atoms with Gasteiger partial charge in [-0.15, -0.1) is 0 Å². The van der Waals surface area contributed by atoms with Crippen molar-refractivity contribution in [2.45, 2.75) is 6.42 Å². The van der Waals surface area contributed by atoms with Crippen LogP contribution in [0.5, 0.6) is 11.5 Å². The molecule has 0 spiro atoms. The van der Waals surface area contributed by atoms with Crippen LogP contribution in [0.2, 0.25) is 0 Å². The van der Waals surface area contributed by atoms with Crippen LogP contribution >= 0.6 is 15.9 Å². The van der Waals surface area contributed by atoms with E-state index in [0.29, 0.717) is 18.1 Å². The zero-order valence-corrected chi connectivity index (χ0v) is 22.4. The number of halogens is 1. The molecule has 10 heteroatoms. The summed E-state index contributed by atoms with van der Waals surface area (Å²) in [7, 11) is 1.65. The van der Waals surface area contributed by atoms with E-state index in [1.54, 1.807) is 13.4 Å². The molecule has 2 heterocycles. The highest BCUT2D eigenvalue weighted by Crippen LogP contribution is 2.35. The molecule has 1 fully saturated rings. The van der Waals surface area contributed by atoms with Crippen LogP contribution < -0.4 is 30.7 Å². The van der Waals surface area contributed by atoms with Gasteiger partial charge in [0.1, 0.15) is 12.1 Å². The number of nitrogens with one attached hydrogen (secondary N) is 4. The number of ether oxygens (including phenoxy) is 2. The molecule has 0 amide bonds. The van der Waals surface area contributed by atoms with E-state index < -0.39 is 0 Å². The smallest absolute Gasteiger partial charge is 0.162 e. The number of nitrogens with zero attached hydrogens (tertiary/aromatic N) is 3. The SMILES string of the molecule is COc1cc2ncnc(Nc3cccc(Br)c3)c2cc1OCCCN1CCNCCNCCNCC1. The van der Waals surface area contributed by atoms with E-state index >= 15 is 0 Å². The molecule has 1 aromatic heterocycles. The van der Waals surface area contributed by atoms with Gasteiger partial charge in [-0.3, -0.25) is 0 Å². The molecule has 1 saturated heterocycles. The summed E-state index contributed by atoms with van der Waals surface area (Å²) >= 11 is 3.52. The minimum Gasteiger partial charge on any atom is -0.493 e. The summed E-state index contributed by atoms with van der Waals surface area (Å²) in [5.41, 5.74) is 1.73. The van der Waals surface area contributed by atoms with Gasteiger partial charge in [-0.05, 0) is 30.7 Å². The third-order valence-corrected chi connectivity index (χ3v) is 6.54. The molecule has 4 N–H and O–H groups in total. The van der Waals surface area contributed by atoms with E-state index in [9.17, 15) is 0 Å². The van der Waals surface area contributed by atoms with E-state index in [0.717, 1.165) is 92.2 Å². The molecule has 0 unspecified atom stereocenters. The number of benzene rings is 2. The molecule has 9 nitrogen and oxygen atoms in total. The lowest BCUT2D eigenvalue weighted by Gasteiger charge is -2.23. The van der Waals surface area contributed by atoms with Crippen molar-refractivity contribution in [3.63, 3.8) is 0 Å². The Kier molecular flexibility index (Phi) is 10.5. The molecule has 0 bridgehead atoms. The summed E-state index contributed by atoms with van der Waals surface area (Å²) in [4.78, 5) is 11.4. The summed E-state index contributed by atoms with van der Waals surface area (Å²) in [6, 6.07) is 11.8. The molecule has 3 aromatic rings. The van der Waals surface area contributed by atoms with Gasteiger partial charge in [-0.2, -0.15) is 0 Å². The second-order valence-corrected chi connectivity index (χ2v) is 9.59. The number of hydrogen-bond acceptors (Lipinski definition) is 9. The number of rotatable bonds is 8. The summed E-state index contributed by atoms with van der Waals surface area (Å²) in [6.07, 6.45) is 2.48. The van der Waals surface area contributed by atoms with Crippen LogP contribution in [0, 0.1) is 0 Å². The van der Waals surface area contributed by atoms with Crippen molar-refractivity contribution in [2.24, 2.45) is 0 Å². The van der Waals surface area contributed by atoms with Gasteiger partial charge in [0.25, 0.3) is 0 Å². The van der Waals surface area contributed by atoms with Crippen molar-refractivity contribution in [1.82, 2.24) is 30.8 Å². The monoisotopic (exact) mass is 557 g/mol. The molecule has 1 aliphatic rings. The number of anilines is 2. The van der Waals surface area contributed by atoms with Gasteiger partial charge in [0.05, 0.1) is 19.2 Å². The molecule has 0 radical (unpaired) electrons. The summed E-state index contributed by atoms with van der Waals surface area (Å²) in [6.45, 7) is 9.65. The van der Waals surface area contributed by atoms with Crippen LogP contribution in [0.4, 0.5) is 11.5 Å².